The molecule has 0 spiro atoms. The highest BCUT2D eigenvalue weighted by molar-refractivity contribution is 4.78. The van der Waals surface area contributed by atoms with Gasteiger partial charge in [-0.05, 0) is 39.5 Å². The Kier molecular flexibility index (Phi) is 58.8. The second-order valence-corrected chi connectivity index (χ2v) is 4.13. The lowest BCUT2D eigenvalue weighted by molar-refractivity contribution is 0.952. The Morgan fingerprint density at radius 3 is 1.30 bits per heavy atom. The van der Waals surface area contributed by atoms with Crippen molar-refractivity contribution in [3.05, 3.63) is 49.6 Å². The van der Waals surface area contributed by atoms with Crippen LogP contribution >= 0.6 is 0 Å². The fraction of sp³-hybridized carbons (Fsp3) is 0.600. The Labute approximate surface area is 130 Å². The van der Waals surface area contributed by atoms with Crippen LogP contribution in [0.4, 0.5) is 0 Å². The highest BCUT2D eigenvalue weighted by Gasteiger charge is 1.68. The third kappa shape index (κ3) is 89.2. The Bertz CT molecular complexity index is 184. The third-order valence-electron chi connectivity index (χ3n) is 1.82. The molecule has 0 heterocycles. The van der Waals surface area contributed by atoms with Crippen LogP contribution in [0.25, 0.3) is 0 Å². The van der Waals surface area contributed by atoms with Gasteiger partial charge in [-0.2, -0.15) is 0 Å². The molecule has 0 atom stereocenters. The zero-order valence-electron chi connectivity index (χ0n) is 15.1. The number of unbranched alkanes of at least 4 members (excludes halogenated alkanes) is 2. The van der Waals surface area contributed by atoms with E-state index in [-0.39, 0.29) is 0 Å². The van der Waals surface area contributed by atoms with E-state index in [1.807, 2.05) is 19.9 Å². The smallest absolute Gasteiger partial charge is 0.0353 e. The Hall–Kier alpha value is -1.04. The Morgan fingerprint density at radius 1 is 0.700 bits per heavy atom. The molecule has 0 saturated heterocycles. The van der Waals surface area contributed by atoms with Gasteiger partial charge in [-0.15, -0.1) is 13.2 Å². The van der Waals surface area contributed by atoms with Crippen molar-refractivity contribution in [1.29, 1.82) is 0 Å². The number of allylic oxidation sites excluding steroid dienone is 6. The van der Waals surface area contributed by atoms with Gasteiger partial charge in [0, 0.05) is 0 Å². The lowest BCUT2D eigenvalue weighted by Crippen LogP contribution is -1.58. The molecule has 0 nitrogen and oxygen atoms in total. The highest BCUT2D eigenvalue weighted by atomic mass is 13.7. The van der Waals surface area contributed by atoms with E-state index < -0.39 is 0 Å². The summed E-state index contributed by atoms with van der Waals surface area (Å²) in [7, 11) is 0. The van der Waals surface area contributed by atoms with Gasteiger partial charge < -0.3 is 0 Å². The zero-order chi connectivity index (χ0) is 16.5. The van der Waals surface area contributed by atoms with Crippen LogP contribution in [0.1, 0.15) is 80.1 Å². The summed E-state index contributed by atoms with van der Waals surface area (Å²) in [5, 5.41) is 0. The van der Waals surface area contributed by atoms with Crippen LogP contribution in [0, 0.1) is 0 Å². The van der Waals surface area contributed by atoms with Crippen molar-refractivity contribution in [2.45, 2.75) is 80.1 Å². The summed E-state index contributed by atoms with van der Waals surface area (Å²) in [4.78, 5) is 0. The average molecular weight is 281 g/mol. The van der Waals surface area contributed by atoms with E-state index in [9.17, 15) is 0 Å². The maximum absolute atomic E-state index is 3.55. The Morgan fingerprint density at radius 2 is 1.15 bits per heavy atom. The van der Waals surface area contributed by atoms with Crippen molar-refractivity contribution < 1.29 is 0 Å². The van der Waals surface area contributed by atoms with E-state index in [4.69, 9.17) is 0 Å². The molecule has 0 aliphatic carbocycles. The SMILES string of the molecule is C/C=C/CC.C=CC.C=CCCC.CC/C=C/CCC. The summed E-state index contributed by atoms with van der Waals surface area (Å²) in [5.74, 6) is 0. The maximum atomic E-state index is 3.55. The molecule has 0 aliphatic rings. The minimum absolute atomic E-state index is 1.15. The first-order chi connectivity index (χ1) is 9.66. The average Bonchev–Trinajstić information content (AvgIpc) is 2.43. The summed E-state index contributed by atoms with van der Waals surface area (Å²) in [6.07, 6.45) is 19.5. The quantitative estimate of drug-likeness (QED) is 0.434. The van der Waals surface area contributed by atoms with Crippen molar-refractivity contribution in [3.8, 4) is 0 Å². The second-order valence-electron chi connectivity index (χ2n) is 4.13. The molecule has 0 saturated carbocycles. The van der Waals surface area contributed by atoms with Crippen molar-refractivity contribution in [3.63, 3.8) is 0 Å². The zero-order valence-corrected chi connectivity index (χ0v) is 15.1. The number of hydrogen-bond donors (Lipinski definition) is 0. The first-order valence-electron chi connectivity index (χ1n) is 8.10. The van der Waals surface area contributed by atoms with E-state index >= 15 is 0 Å². The fourth-order valence-electron chi connectivity index (χ4n) is 0.891. The molecule has 0 fully saturated rings. The van der Waals surface area contributed by atoms with Crippen molar-refractivity contribution in [1.82, 2.24) is 0 Å². The molecule has 0 heteroatoms. The molecule has 0 amide bonds. The van der Waals surface area contributed by atoms with Gasteiger partial charge in [0.15, 0.2) is 0 Å². The fourth-order valence-corrected chi connectivity index (χ4v) is 0.891. The molecule has 0 unspecified atom stereocenters. The molecule has 0 aromatic carbocycles. The van der Waals surface area contributed by atoms with Gasteiger partial charge in [-0.3, -0.25) is 0 Å². The monoisotopic (exact) mass is 280 g/mol. The van der Waals surface area contributed by atoms with Crippen LogP contribution in [0.2, 0.25) is 0 Å². The van der Waals surface area contributed by atoms with Gasteiger partial charge in [0.2, 0.25) is 0 Å². The predicted octanol–water partition coefficient (Wildman–Crippen LogP) is 7.89. The topological polar surface area (TPSA) is 0 Å². The van der Waals surface area contributed by atoms with E-state index in [1.54, 1.807) is 6.08 Å². The largest absolute Gasteiger partial charge is 0.103 e. The van der Waals surface area contributed by atoms with Crippen molar-refractivity contribution in [2.75, 3.05) is 0 Å². The molecule has 0 aromatic rings. The van der Waals surface area contributed by atoms with Gasteiger partial charge in [0.25, 0.3) is 0 Å². The van der Waals surface area contributed by atoms with E-state index in [2.05, 4.69) is 65.2 Å². The molecule has 20 heavy (non-hydrogen) atoms. The third-order valence-corrected chi connectivity index (χ3v) is 1.82. The van der Waals surface area contributed by atoms with E-state index in [0.29, 0.717) is 0 Å². The predicted molar refractivity (Wildman–Crippen MR) is 100 cm³/mol. The summed E-state index contributed by atoms with van der Waals surface area (Å²) >= 11 is 0. The number of rotatable bonds is 6. The van der Waals surface area contributed by atoms with Crippen LogP contribution in [0.5, 0.6) is 0 Å². The molecular formula is C20H40. The molecule has 0 aromatic heterocycles. The highest BCUT2D eigenvalue weighted by Crippen LogP contribution is 1.88. The van der Waals surface area contributed by atoms with Gasteiger partial charge in [0.1, 0.15) is 0 Å². The number of hydrogen-bond acceptors (Lipinski definition) is 0. The van der Waals surface area contributed by atoms with Crippen LogP contribution < -0.4 is 0 Å². The van der Waals surface area contributed by atoms with Crippen LogP contribution in [-0.4, -0.2) is 0 Å². The van der Waals surface area contributed by atoms with E-state index in [0.717, 1.165) is 12.8 Å². The summed E-state index contributed by atoms with van der Waals surface area (Å²) in [5.41, 5.74) is 0. The van der Waals surface area contributed by atoms with E-state index in [1.165, 1.54) is 25.7 Å². The Balaban J connectivity index is -0.0000000890. The van der Waals surface area contributed by atoms with Crippen LogP contribution in [0.3, 0.4) is 0 Å². The standard InChI is InChI=1S/C7H14.2C5H10.C3H6/c1-3-5-7-6-4-2;2*1-3-5-4-2;1-3-2/h5,7H,3-4,6H2,1-2H3;3,5H,4H2,1-2H3;3H,1,4-5H2,2H3;3H,1H2,2H3/b7-5+;5-3+;;. The van der Waals surface area contributed by atoms with Gasteiger partial charge in [0.05, 0.1) is 0 Å². The maximum Gasteiger partial charge on any atom is -0.0353 e. The molecule has 0 aliphatic heterocycles. The summed E-state index contributed by atoms with van der Waals surface area (Å²) in [6, 6.07) is 0. The minimum atomic E-state index is 1.15. The van der Waals surface area contributed by atoms with Gasteiger partial charge in [-0.1, -0.05) is 77.0 Å². The van der Waals surface area contributed by atoms with Crippen LogP contribution in [0.15, 0.2) is 49.6 Å². The molecule has 0 rings (SSSR count). The minimum Gasteiger partial charge on any atom is -0.103 e. The van der Waals surface area contributed by atoms with Crippen molar-refractivity contribution >= 4 is 0 Å². The van der Waals surface area contributed by atoms with Gasteiger partial charge >= 0.3 is 0 Å². The normalized spacial score (nSPS) is 8.70. The second kappa shape index (κ2) is 43.0. The molecular weight excluding hydrogens is 240 g/mol. The molecule has 0 radical (unpaired) electrons. The summed E-state index contributed by atoms with van der Waals surface area (Å²) in [6.45, 7) is 19.5. The summed E-state index contributed by atoms with van der Waals surface area (Å²) < 4.78 is 0. The molecule has 0 N–H and O–H groups in total. The van der Waals surface area contributed by atoms with Crippen LogP contribution in [-0.2, 0) is 0 Å². The van der Waals surface area contributed by atoms with Crippen molar-refractivity contribution in [2.24, 2.45) is 0 Å². The molecule has 120 valence electrons. The lowest BCUT2D eigenvalue weighted by Gasteiger charge is -1.79. The first-order valence-corrected chi connectivity index (χ1v) is 8.10. The first kappa shape index (κ1) is 27.3. The molecule has 0 bridgehead atoms. The lowest BCUT2D eigenvalue weighted by atomic mass is 10.3. The van der Waals surface area contributed by atoms with Gasteiger partial charge in [-0.25, -0.2) is 0 Å².